The molecule has 0 radical (unpaired) electrons. The van der Waals surface area contributed by atoms with Gasteiger partial charge in [-0.25, -0.2) is 9.79 Å². The lowest BCUT2D eigenvalue weighted by molar-refractivity contribution is -0.581. The lowest BCUT2D eigenvalue weighted by Gasteiger charge is -2.25. The number of hydrogen-bond donors (Lipinski definition) is 2. The van der Waals surface area contributed by atoms with Crippen LogP contribution in [0.2, 0.25) is 0 Å². The maximum Gasteiger partial charge on any atom is 0.465 e. The Labute approximate surface area is 172 Å². The van der Waals surface area contributed by atoms with Crippen LogP contribution >= 0.6 is 0 Å². The average molecular weight is 418 g/mol. The first-order valence-corrected chi connectivity index (χ1v) is 9.72. The van der Waals surface area contributed by atoms with Crippen LogP contribution < -0.4 is 10.3 Å². The summed E-state index contributed by atoms with van der Waals surface area (Å²) in [5.41, 5.74) is -2.13. The summed E-state index contributed by atoms with van der Waals surface area (Å²) in [4.78, 5) is 28.8. The smallest absolute Gasteiger partial charge is 0.298 e. The second kappa shape index (κ2) is 8.69. The lowest BCUT2D eigenvalue weighted by atomic mass is 10.1. The topological polar surface area (TPSA) is 63.4 Å². The molecule has 0 fully saturated rings. The van der Waals surface area contributed by atoms with E-state index in [4.69, 9.17) is 0 Å². The number of nitrogens with one attached hydrogen (secondary N) is 2. The van der Waals surface area contributed by atoms with Crippen molar-refractivity contribution in [3.8, 4) is 0 Å². The first-order valence-electron chi connectivity index (χ1n) is 9.72. The summed E-state index contributed by atoms with van der Waals surface area (Å²) in [6.07, 6.45) is -4.06. The number of hydrogen-bond acceptors (Lipinski definition) is 2. The van der Waals surface area contributed by atoms with E-state index in [0.717, 1.165) is 4.90 Å². The van der Waals surface area contributed by atoms with E-state index < -0.39 is 23.7 Å². The van der Waals surface area contributed by atoms with Crippen molar-refractivity contribution in [2.24, 2.45) is 0 Å². The molecular weight excluding hydrogens is 395 g/mol. The van der Waals surface area contributed by atoms with Gasteiger partial charge in [-0.3, -0.25) is 10.1 Å². The van der Waals surface area contributed by atoms with Gasteiger partial charge in [-0.05, 0) is 24.1 Å². The SMILES string of the molecule is CCCCC(=O)N[C@@]1(C(F)(F)F)[NH+]=C(c2ccccc2)N(Cc2ccccc2)C1=O. The number of unbranched alkanes of at least 4 members (excludes halogenated alkanes) is 1. The zero-order chi connectivity index (χ0) is 21.8. The Kier molecular flexibility index (Phi) is 6.24. The van der Waals surface area contributed by atoms with Crippen LogP contribution in [0.4, 0.5) is 13.2 Å². The third-order valence-electron chi connectivity index (χ3n) is 4.88. The molecule has 30 heavy (non-hydrogen) atoms. The van der Waals surface area contributed by atoms with Gasteiger partial charge in [0.25, 0.3) is 5.84 Å². The Balaban J connectivity index is 2.06. The third-order valence-corrected chi connectivity index (χ3v) is 4.88. The molecule has 2 amide bonds. The van der Waals surface area contributed by atoms with E-state index in [1.54, 1.807) is 60.7 Å². The second-order valence-corrected chi connectivity index (χ2v) is 7.12. The van der Waals surface area contributed by atoms with Crippen LogP contribution in [0, 0.1) is 0 Å². The fourth-order valence-corrected chi connectivity index (χ4v) is 3.30. The highest BCUT2D eigenvalue weighted by Gasteiger charge is 2.72. The average Bonchev–Trinajstić information content (AvgIpc) is 3.01. The molecule has 0 spiro atoms. The molecule has 158 valence electrons. The van der Waals surface area contributed by atoms with E-state index in [1.807, 2.05) is 12.2 Å². The highest BCUT2D eigenvalue weighted by Crippen LogP contribution is 2.30. The van der Waals surface area contributed by atoms with Crippen molar-refractivity contribution >= 4 is 17.6 Å². The van der Waals surface area contributed by atoms with E-state index in [2.05, 4.69) is 4.99 Å². The van der Waals surface area contributed by atoms with Crippen molar-refractivity contribution in [2.75, 3.05) is 0 Å². The maximum absolute atomic E-state index is 14.2. The molecule has 3 rings (SSSR count). The van der Waals surface area contributed by atoms with E-state index >= 15 is 0 Å². The number of halogens is 3. The van der Waals surface area contributed by atoms with Crippen molar-refractivity contribution in [3.05, 3.63) is 71.8 Å². The molecule has 1 atom stereocenters. The molecule has 2 aromatic rings. The Bertz CT molecular complexity index is 930. The molecular formula is C22H23F3N3O2+. The first-order chi connectivity index (χ1) is 14.3. The van der Waals surface area contributed by atoms with Gasteiger partial charge in [-0.15, -0.1) is 0 Å². The fourth-order valence-electron chi connectivity index (χ4n) is 3.30. The number of carbonyl (C=O) groups excluding carboxylic acids is 2. The normalized spacial score (nSPS) is 19.0. The zero-order valence-electron chi connectivity index (χ0n) is 16.5. The highest BCUT2D eigenvalue weighted by molar-refractivity contribution is 6.11. The van der Waals surface area contributed by atoms with Gasteiger partial charge in [0.2, 0.25) is 5.91 Å². The van der Waals surface area contributed by atoms with E-state index in [9.17, 15) is 22.8 Å². The van der Waals surface area contributed by atoms with Crippen LogP contribution in [0.5, 0.6) is 0 Å². The standard InChI is InChI=1S/C22H22F3N3O2/c1-2-3-14-18(29)26-21(22(23,24)25)20(30)28(15-16-10-6-4-7-11-16)19(27-21)17-12-8-5-9-13-17/h4-13H,2-3,14-15H2,1H3,(H,26,29)/p+1/t21-/m1/s1. The molecule has 8 heteroatoms. The Morgan fingerprint density at radius 1 is 1.07 bits per heavy atom. The first kappa shape index (κ1) is 21.5. The van der Waals surface area contributed by atoms with Gasteiger partial charge < -0.3 is 0 Å². The number of benzene rings is 2. The summed E-state index contributed by atoms with van der Waals surface area (Å²) in [6.45, 7) is 1.76. The van der Waals surface area contributed by atoms with Gasteiger partial charge in [0.15, 0.2) is 0 Å². The Morgan fingerprint density at radius 2 is 1.67 bits per heavy atom. The number of rotatable bonds is 7. The lowest BCUT2D eigenvalue weighted by Crippen LogP contribution is -2.96. The molecule has 0 aromatic heterocycles. The van der Waals surface area contributed by atoms with Crippen molar-refractivity contribution in [1.29, 1.82) is 0 Å². The minimum absolute atomic E-state index is 0.00225. The number of nitrogens with zero attached hydrogens (tertiary/aromatic N) is 1. The quantitative estimate of drug-likeness (QED) is 0.724. The molecule has 1 aliphatic heterocycles. The van der Waals surface area contributed by atoms with Crippen molar-refractivity contribution < 1.29 is 27.8 Å². The van der Waals surface area contributed by atoms with Gasteiger partial charge in [-0.2, -0.15) is 18.1 Å². The molecule has 2 N–H and O–H groups in total. The van der Waals surface area contributed by atoms with Crippen LogP contribution in [-0.2, 0) is 16.1 Å². The largest absolute Gasteiger partial charge is 0.465 e. The van der Waals surface area contributed by atoms with E-state index in [1.165, 1.54) is 0 Å². The van der Waals surface area contributed by atoms with Crippen LogP contribution in [0.1, 0.15) is 37.3 Å². The van der Waals surface area contributed by atoms with E-state index in [0.29, 0.717) is 24.0 Å². The summed E-state index contributed by atoms with van der Waals surface area (Å²) in [5.74, 6) is -2.09. The van der Waals surface area contributed by atoms with Crippen molar-refractivity contribution in [3.63, 3.8) is 0 Å². The molecule has 0 bridgehead atoms. The highest BCUT2D eigenvalue weighted by atomic mass is 19.4. The summed E-state index contributed by atoms with van der Waals surface area (Å²) < 4.78 is 42.6. The van der Waals surface area contributed by atoms with E-state index in [-0.39, 0.29) is 18.8 Å². The number of amides is 2. The van der Waals surface area contributed by atoms with Crippen molar-refractivity contribution in [2.45, 2.75) is 44.6 Å². The van der Waals surface area contributed by atoms with Gasteiger partial charge in [0, 0.05) is 6.42 Å². The summed E-state index contributed by atoms with van der Waals surface area (Å²) in [5, 5.41) is 1.95. The third kappa shape index (κ3) is 4.22. The molecule has 2 aromatic carbocycles. The molecule has 5 nitrogen and oxygen atoms in total. The molecule has 1 heterocycles. The molecule has 0 saturated heterocycles. The fraction of sp³-hybridized carbons (Fsp3) is 0.318. The molecule has 0 aliphatic carbocycles. The van der Waals surface area contributed by atoms with Gasteiger partial charge >= 0.3 is 17.7 Å². The van der Waals surface area contributed by atoms with Crippen LogP contribution in [0.25, 0.3) is 0 Å². The van der Waals surface area contributed by atoms with Gasteiger partial charge in [-0.1, -0.05) is 61.9 Å². The van der Waals surface area contributed by atoms with Crippen molar-refractivity contribution in [1.82, 2.24) is 10.2 Å². The Morgan fingerprint density at radius 3 is 2.23 bits per heavy atom. The number of alkyl halides is 3. The summed E-state index contributed by atoms with van der Waals surface area (Å²) in [6, 6.07) is 17.0. The number of amidine groups is 1. The molecule has 0 unspecified atom stereocenters. The molecule has 0 saturated carbocycles. The zero-order valence-corrected chi connectivity index (χ0v) is 16.5. The minimum atomic E-state index is -5.04. The Hall–Kier alpha value is -3.16. The predicted octanol–water partition coefficient (Wildman–Crippen LogP) is 2.12. The van der Waals surface area contributed by atoms with Crippen LogP contribution in [0.15, 0.2) is 60.7 Å². The van der Waals surface area contributed by atoms with Gasteiger partial charge in [0.1, 0.15) is 6.54 Å². The summed E-state index contributed by atoms with van der Waals surface area (Å²) in [7, 11) is 0. The minimum Gasteiger partial charge on any atom is -0.298 e. The van der Waals surface area contributed by atoms with Gasteiger partial charge in [0.05, 0.1) is 5.56 Å². The summed E-state index contributed by atoms with van der Waals surface area (Å²) >= 11 is 0. The predicted molar refractivity (Wildman–Crippen MR) is 105 cm³/mol. The number of carbonyl (C=O) groups is 2. The maximum atomic E-state index is 14.2. The van der Waals surface area contributed by atoms with Crippen LogP contribution in [-0.4, -0.2) is 34.4 Å². The van der Waals surface area contributed by atoms with Crippen LogP contribution in [0.3, 0.4) is 0 Å². The monoisotopic (exact) mass is 418 g/mol. The molecule has 1 aliphatic rings. The second-order valence-electron chi connectivity index (χ2n) is 7.12.